The van der Waals surface area contributed by atoms with E-state index in [9.17, 15) is 102 Å². The fraction of sp³-hybridized carbons (Fsp3) is 0.588. The van der Waals surface area contributed by atoms with Gasteiger partial charge in [0.05, 0.1) is 66.4 Å². The first-order valence-corrected chi connectivity index (χ1v) is 54.3. The summed E-state index contributed by atoms with van der Waals surface area (Å²) in [5.41, 5.74) is 15.7. The Labute approximate surface area is 863 Å². The highest BCUT2D eigenvalue weighted by atomic mass is 31.2. The van der Waals surface area contributed by atoms with Crippen LogP contribution in [0.25, 0.3) is 22.1 Å². The van der Waals surface area contributed by atoms with E-state index in [4.69, 9.17) is 68.0 Å². The molecule has 21 N–H and O–H groups in total. The minimum Gasteiger partial charge on any atom is -0.480 e. The Balaban J connectivity index is 0.689. The molecule has 50 nitrogen and oxygen atoms in total. The number of ether oxygens (including phenoxy) is 5. The Bertz CT molecular complexity index is 6380. The smallest absolute Gasteiger partial charge is 0.472 e. The standard InChI is InChI=1S/C97H134N18O32P3/c1-4-5-37-101-78(121)36-35-64(91(125)103-51-62-28-20-19-21-29-62)46-69(92(126)102-38-39-111(2)3)45-63(90(124)104-52-83(122)123)30-22-17-15-13-11-9-7-6-8-10-12-14-16-18-23-44-137-57-75-71(48-81(142-75)113-54-66(32-25-41-117)85-89(113)108-95(100)109-94(85)128)145-149(133,134)139-59-76-72(49-80(143-76)112-53-65(31-24-40-116)84-87(99)105-61-106-88(84)112)146-150(135,136)140-60-77-73(50-82(144-77)114-55-67(33-26-42-118)86(98)107-96(114)129)147-148(131,132)138-58-74-70(120)47-79(141-74)115-56-68(34-27-43-119)93(127)110-97(115)130/h19-21,28-29,36,53-56,61,63-64,69-77,79-82,116-120H,4-18,22-23,30,35,37-52,57-60H2,1-3H3,(H,101,121)(H,102,126)(H,103,125)(H,104,124)(H,122,123)(H,131,132)(H,133,134)(H,135,136)(H2,98,107,129)(H2,99,105,106)(H,110,127,130)(H3,100,108,109,128)/t63?,64?,69?,70?,71-,72-,73-,74-,75-,76-,77-,79-,80-,81-,82-/m1/s1. The van der Waals surface area contributed by atoms with Gasteiger partial charge in [-0.2, -0.15) is 9.97 Å². The number of H-pyrrole nitrogens is 2. The maximum atomic E-state index is 14.7. The number of aliphatic carboxylic acids is 1. The number of nitrogens with zero attached hydrogens (tertiary/aromatic N) is 9. The van der Waals surface area contributed by atoms with E-state index in [2.05, 4.69) is 98.5 Å². The molecular formula is C97H134N18O32P3. The van der Waals surface area contributed by atoms with E-state index >= 15 is 0 Å². The van der Waals surface area contributed by atoms with Gasteiger partial charge < -0.3 is 122 Å². The molecule has 0 aliphatic carbocycles. The molecule has 7 unspecified atom stereocenters. The number of rotatable bonds is 59. The quantitative estimate of drug-likeness (QED) is 0.0147. The second-order valence-corrected chi connectivity index (χ2v) is 41.0. The van der Waals surface area contributed by atoms with E-state index < -0.39 is 215 Å². The summed E-state index contributed by atoms with van der Waals surface area (Å²) >= 11 is 0. The number of hydrogen-bond donors (Lipinski definition) is 18. The lowest BCUT2D eigenvalue weighted by molar-refractivity contribution is -0.139. The molecule has 6 aromatic heterocycles. The molecule has 819 valence electrons. The van der Waals surface area contributed by atoms with Gasteiger partial charge in [-0.25, -0.2) is 33.3 Å². The van der Waals surface area contributed by atoms with Crippen LogP contribution in [0.4, 0.5) is 17.6 Å². The van der Waals surface area contributed by atoms with Crippen molar-refractivity contribution in [2.75, 3.05) is 117 Å². The normalized spacial score (nSPS) is 21.3. The minimum atomic E-state index is -5.59. The molecule has 18 atom stereocenters. The third kappa shape index (κ3) is 36.2. The van der Waals surface area contributed by atoms with E-state index in [1.165, 1.54) is 27.9 Å². The molecule has 4 amide bonds. The number of nitrogen functional groups attached to an aromatic ring is 3. The van der Waals surface area contributed by atoms with Crippen LogP contribution in [-0.4, -0.2) is 277 Å². The highest BCUT2D eigenvalue weighted by Crippen LogP contribution is 2.55. The van der Waals surface area contributed by atoms with Crippen LogP contribution in [0.2, 0.25) is 0 Å². The number of nitrogens with one attached hydrogen (secondary N) is 6. The molecule has 1 aromatic carbocycles. The van der Waals surface area contributed by atoms with Crippen LogP contribution in [0.3, 0.4) is 0 Å². The third-order valence-electron chi connectivity index (χ3n) is 25.4. The van der Waals surface area contributed by atoms with Crippen molar-refractivity contribution in [2.24, 2.45) is 17.8 Å². The van der Waals surface area contributed by atoms with E-state index in [1.54, 1.807) is 0 Å². The number of anilines is 3. The molecule has 0 bridgehead atoms. The maximum absolute atomic E-state index is 14.7. The molecule has 4 aliphatic rings. The van der Waals surface area contributed by atoms with Gasteiger partial charge >= 0.3 is 40.8 Å². The second kappa shape index (κ2) is 59.1. The number of carbonyl (C=O) groups excluding carboxylic acids is 4. The van der Waals surface area contributed by atoms with E-state index in [-0.39, 0.29) is 131 Å². The van der Waals surface area contributed by atoms with Gasteiger partial charge in [-0.1, -0.05) is 181 Å². The van der Waals surface area contributed by atoms with Crippen LogP contribution in [0.1, 0.15) is 220 Å². The molecule has 7 aromatic rings. The molecule has 0 saturated carbocycles. The highest BCUT2D eigenvalue weighted by molar-refractivity contribution is 7.48. The Hall–Kier alpha value is -11.3. The molecular weight excluding hydrogens is 2020 g/mol. The van der Waals surface area contributed by atoms with Crippen LogP contribution in [0.15, 0.2) is 80.6 Å². The zero-order valence-electron chi connectivity index (χ0n) is 83.6. The topological polar surface area (TPSA) is 721 Å². The first-order valence-electron chi connectivity index (χ1n) is 49.8. The van der Waals surface area contributed by atoms with E-state index in [1.807, 2.05) is 56.3 Å². The van der Waals surface area contributed by atoms with Crippen molar-refractivity contribution in [1.29, 1.82) is 0 Å². The van der Waals surface area contributed by atoms with E-state index in [0.29, 0.717) is 38.9 Å². The monoisotopic (exact) mass is 2160 g/mol. The summed E-state index contributed by atoms with van der Waals surface area (Å²) in [5.74, 6) is 14.4. The average Bonchev–Trinajstić information content (AvgIpc) is 1.60. The number of hydrogen-bond acceptors (Lipinski definition) is 36. The Kier molecular flexibility index (Phi) is 46.8. The van der Waals surface area contributed by atoms with Gasteiger partial charge in [-0.15, -0.1) is 0 Å². The van der Waals surface area contributed by atoms with Crippen LogP contribution in [0, 0.1) is 71.5 Å². The van der Waals surface area contributed by atoms with Gasteiger partial charge in [0.15, 0.2) is 5.65 Å². The highest BCUT2D eigenvalue weighted by Gasteiger charge is 2.50. The van der Waals surface area contributed by atoms with Gasteiger partial charge in [-0.3, -0.25) is 79.8 Å². The molecule has 4 aliphatic heterocycles. The van der Waals surface area contributed by atoms with E-state index in [0.717, 1.165) is 130 Å². The number of carboxylic acids is 1. The van der Waals surface area contributed by atoms with Crippen LogP contribution < -0.4 is 61.0 Å². The fourth-order valence-corrected chi connectivity index (χ4v) is 20.7. The van der Waals surface area contributed by atoms with Gasteiger partial charge in [0.2, 0.25) is 29.6 Å². The number of aromatic nitrogens is 10. The molecule has 0 spiro atoms. The number of aromatic amines is 2. The lowest BCUT2D eigenvalue weighted by Gasteiger charge is -2.26. The van der Waals surface area contributed by atoms with Crippen molar-refractivity contribution in [1.82, 2.24) is 74.3 Å². The maximum Gasteiger partial charge on any atom is 0.472 e. The number of phosphoric acid groups is 3. The molecule has 1 radical (unpaired) electrons. The summed E-state index contributed by atoms with van der Waals surface area (Å²) in [6, 6.07) is 9.34. The zero-order chi connectivity index (χ0) is 108. The molecule has 53 heteroatoms. The van der Waals surface area contributed by atoms with Crippen molar-refractivity contribution in [3.05, 3.63) is 137 Å². The Morgan fingerprint density at radius 1 is 0.527 bits per heavy atom. The number of aliphatic hydroxyl groups excluding tert-OH is 5. The summed E-state index contributed by atoms with van der Waals surface area (Å²) in [6.45, 7) is -2.43. The van der Waals surface area contributed by atoms with Crippen molar-refractivity contribution in [2.45, 2.75) is 248 Å². The number of carbonyl (C=O) groups is 5. The predicted molar refractivity (Wildman–Crippen MR) is 541 cm³/mol. The Morgan fingerprint density at radius 3 is 1.57 bits per heavy atom. The first kappa shape index (κ1) is 119. The number of phosphoric ester groups is 3. The molecule has 11 rings (SSSR count). The van der Waals surface area contributed by atoms with Gasteiger partial charge in [0, 0.05) is 101 Å². The summed E-state index contributed by atoms with van der Waals surface area (Å²) < 4.78 is 113. The van der Waals surface area contributed by atoms with Crippen molar-refractivity contribution < 1.29 is 134 Å². The number of amides is 4. The first-order chi connectivity index (χ1) is 72.0. The molecule has 4 saturated heterocycles. The molecule has 10 heterocycles. The largest absolute Gasteiger partial charge is 0.480 e. The number of aliphatic hydroxyl groups is 5. The van der Waals surface area contributed by atoms with Gasteiger partial charge in [-0.05, 0) is 58.2 Å². The van der Waals surface area contributed by atoms with Crippen LogP contribution >= 0.6 is 23.5 Å². The average molecular weight is 2160 g/mol. The van der Waals surface area contributed by atoms with Crippen molar-refractivity contribution in [3.8, 4) is 47.4 Å². The number of fused-ring (bicyclic) bond motifs is 2. The SMILES string of the molecule is CCCCNC(=O)[CH]CC(CC(CC(CCCCCCCCCCCCCCCCCOC[C@H]1O[C@@H](n2cc(C#CCO)c3c(=O)[nH]c(N)nc32)C[C@H]1OP(=O)(O)OC[C@H]1O[C@@H](n2cc(C#CCO)c3c(N)ncnc32)C[C@H]1OP(=O)(O)OC[C@H]1O[C@@H](n2cc(C#CCO)c(N)nc2=O)C[C@H]1OP(=O)(O)OC[C@H]1O[C@@H](n2cc(C#CCO)c(=O)[nH]c2=O)CC1O)C(=O)NCC(=O)O)C(=O)NCCN(C)C)C(=O)NCc1ccccc1. The van der Waals surface area contributed by atoms with Crippen molar-refractivity contribution >= 4 is 92.7 Å². The summed E-state index contributed by atoms with van der Waals surface area (Å²) in [4.78, 5) is 177. The number of benzene rings is 1. The number of likely N-dealkylation sites (N-methyl/N-ethyl adjacent to an activating group) is 1. The predicted octanol–water partition coefficient (Wildman–Crippen LogP) is 3.71. The summed E-state index contributed by atoms with van der Waals surface area (Å²) in [5, 5.41) is 70.2. The lowest BCUT2D eigenvalue weighted by Crippen LogP contribution is -2.41. The van der Waals surface area contributed by atoms with Crippen LogP contribution in [-0.2, 0) is 95.0 Å². The number of unbranched alkanes of at least 4 members (excludes halogenated alkanes) is 15. The second-order valence-electron chi connectivity index (χ2n) is 36.8. The lowest BCUT2D eigenvalue weighted by atomic mass is 9.82. The number of carboxylic acid groups (broad SMARTS) is 1. The summed E-state index contributed by atoms with van der Waals surface area (Å²) in [7, 11) is -12.7. The van der Waals surface area contributed by atoms with Gasteiger partial charge in [0.25, 0.3) is 11.1 Å². The number of nitrogens with two attached hydrogens (primary N) is 3. The summed E-state index contributed by atoms with van der Waals surface area (Å²) in [6.07, 6.45) is 4.59. The van der Waals surface area contributed by atoms with Crippen LogP contribution in [0.5, 0.6) is 0 Å². The van der Waals surface area contributed by atoms with Crippen molar-refractivity contribution in [3.63, 3.8) is 0 Å². The Morgan fingerprint density at radius 2 is 1.01 bits per heavy atom. The minimum absolute atomic E-state index is 0.00330. The molecule has 4 fully saturated rings. The zero-order valence-corrected chi connectivity index (χ0v) is 86.3. The third-order valence-corrected chi connectivity index (χ3v) is 28.4. The van der Waals surface area contributed by atoms with Gasteiger partial charge in [0.1, 0.15) is 130 Å². The fourth-order valence-electron chi connectivity index (χ4n) is 17.8. The molecule has 150 heavy (non-hydrogen) atoms.